The molecule has 5 nitrogen and oxygen atoms in total. The maximum atomic E-state index is 14.0. The van der Waals surface area contributed by atoms with Gasteiger partial charge in [0.25, 0.3) is 0 Å². The van der Waals surface area contributed by atoms with Gasteiger partial charge in [-0.2, -0.15) is 13.2 Å². The van der Waals surface area contributed by atoms with Crippen molar-refractivity contribution in [3.63, 3.8) is 0 Å². The van der Waals surface area contributed by atoms with Crippen LogP contribution in [0.25, 0.3) is 0 Å². The van der Waals surface area contributed by atoms with Gasteiger partial charge in [-0.25, -0.2) is 9.78 Å². The second-order valence-electron chi connectivity index (χ2n) is 7.81. The van der Waals surface area contributed by atoms with Crippen LogP contribution >= 0.6 is 0 Å². The molecule has 1 aromatic heterocycles. The molecule has 1 aromatic carbocycles. The Balaban J connectivity index is 2.41. The molecule has 1 N–H and O–H groups in total. The standard InChI is InChI=1S/C24H27F3N2O3/c1-6-17-19(23(30)31-7-2)18(15-10-8-9-11-16(15)24(25,26)27)20-21(29-17)14(5)12-28-22(20)32-13(3)4/h8-13,18,29H,6-7H2,1-5H3. The number of alkyl halides is 3. The molecule has 32 heavy (non-hydrogen) atoms. The number of aromatic nitrogens is 1. The van der Waals surface area contributed by atoms with Crippen molar-refractivity contribution in [2.24, 2.45) is 0 Å². The van der Waals surface area contributed by atoms with Crippen LogP contribution in [0.2, 0.25) is 0 Å². The number of pyridine rings is 1. The summed E-state index contributed by atoms with van der Waals surface area (Å²) >= 11 is 0. The zero-order valence-corrected chi connectivity index (χ0v) is 18.8. The first kappa shape index (κ1) is 23.6. The number of halogens is 3. The van der Waals surface area contributed by atoms with E-state index in [1.54, 1.807) is 13.1 Å². The fraction of sp³-hybridized carbons (Fsp3) is 0.417. The Kier molecular flexibility index (Phi) is 6.81. The van der Waals surface area contributed by atoms with Crippen LogP contribution < -0.4 is 10.1 Å². The number of carbonyl (C=O) groups is 1. The highest BCUT2D eigenvalue weighted by Gasteiger charge is 2.42. The highest BCUT2D eigenvalue weighted by atomic mass is 19.4. The van der Waals surface area contributed by atoms with E-state index in [1.165, 1.54) is 18.2 Å². The largest absolute Gasteiger partial charge is 0.475 e. The number of hydrogen-bond donors (Lipinski definition) is 1. The third kappa shape index (κ3) is 4.45. The lowest BCUT2D eigenvalue weighted by molar-refractivity contribution is -0.140. The summed E-state index contributed by atoms with van der Waals surface area (Å²) in [6, 6.07) is 5.30. The van der Waals surface area contributed by atoms with Gasteiger partial charge in [0.2, 0.25) is 5.88 Å². The van der Waals surface area contributed by atoms with Crippen LogP contribution in [-0.4, -0.2) is 23.7 Å². The molecule has 3 rings (SSSR count). The molecule has 8 heteroatoms. The fourth-order valence-corrected chi connectivity index (χ4v) is 3.94. The van der Waals surface area contributed by atoms with Crippen molar-refractivity contribution >= 4 is 11.7 Å². The molecule has 0 saturated carbocycles. The first-order valence-corrected chi connectivity index (χ1v) is 10.6. The SMILES string of the molecule is CCOC(=O)C1=C(CC)Nc2c(C)cnc(OC(C)C)c2C1c1ccccc1C(F)(F)F. The summed E-state index contributed by atoms with van der Waals surface area (Å²) in [7, 11) is 0. The highest BCUT2D eigenvalue weighted by Crippen LogP contribution is 2.50. The number of nitrogens with zero attached hydrogens (tertiary/aromatic N) is 1. The smallest absolute Gasteiger partial charge is 0.416 e. The van der Waals surface area contributed by atoms with Crippen molar-refractivity contribution in [2.75, 3.05) is 11.9 Å². The van der Waals surface area contributed by atoms with E-state index in [9.17, 15) is 18.0 Å². The molecule has 0 spiro atoms. The molecule has 0 fully saturated rings. The van der Waals surface area contributed by atoms with Crippen molar-refractivity contribution in [1.82, 2.24) is 4.98 Å². The molecule has 1 aliphatic rings. The van der Waals surface area contributed by atoms with Crippen LogP contribution in [0.15, 0.2) is 41.7 Å². The topological polar surface area (TPSA) is 60.5 Å². The van der Waals surface area contributed by atoms with Crippen molar-refractivity contribution in [2.45, 2.75) is 59.2 Å². The van der Waals surface area contributed by atoms with Gasteiger partial charge in [-0.3, -0.25) is 0 Å². The molecule has 1 aliphatic heterocycles. The van der Waals surface area contributed by atoms with Crippen LogP contribution in [0.3, 0.4) is 0 Å². The van der Waals surface area contributed by atoms with Crippen LogP contribution in [0.4, 0.5) is 18.9 Å². The quantitative estimate of drug-likeness (QED) is 0.551. The molecule has 0 saturated heterocycles. The Hall–Kier alpha value is -3.03. The normalized spacial score (nSPS) is 16.0. The number of hydrogen-bond acceptors (Lipinski definition) is 5. The van der Waals surface area contributed by atoms with E-state index in [0.29, 0.717) is 23.4 Å². The van der Waals surface area contributed by atoms with Gasteiger partial charge in [-0.05, 0) is 51.3 Å². The first-order valence-electron chi connectivity index (χ1n) is 10.6. The number of fused-ring (bicyclic) bond motifs is 1. The average Bonchev–Trinajstić information content (AvgIpc) is 2.73. The molecule has 0 amide bonds. The molecule has 0 bridgehead atoms. The van der Waals surface area contributed by atoms with Crippen molar-refractivity contribution < 1.29 is 27.4 Å². The van der Waals surface area contributed by atoms with Gasteiger partial charge in [0, 0.05) is 11.9 Å². The summed E-state index contributed by atoms with van der Waals surface area (Å²) in [4.78, 5) is 17.4. The summed E-state index contributed by atoms with van der Waals surface area (Å²) in [5, 5.41) is 3.25. The van der Waals surface area contributed by atoms with E-state index in [-0.39, 0.29) is 29.7 Å². The molecular weight excluding hydrogens is 421 g/mol. The second-order valence-corrected chi connectivity index (χ2v) is 7.81. The number of ether oxygens (including phenoxy) is 2. The number of esters is 1. The Labute approximate surface area is 185 Å². The molecule has 2 aromatic rings. The maximum Gasteiger partial charge on any atom is 0.416 e. The lowest BCUT2D eigenvalue weighted by Gasteiger charge is -2.34. The molecule has 172 valence electrons. The van der Waals surface area contributed by atoms with Gasteiger partial charge in [0.15, 0.2) is 0 Å². The molecule has 0 radical (unpaired) electrons. The zero-order chi connectivity index (χ0) is 23.6. The minimum Gasteiger partial charge on any atom is -0.475 e. The summed E-state index contributed by atoms with van der Waals surface area (Å²) in [5.74, 6) is -1.53. The van der Waals surface area contributed by atoms with Crippen LogP contribution in [0.1, 0.15) is 62.3 Å². The highest BCUT2D eigenvalue weighted by molar-refractivity contribution is 5.95. The summed E-state index contributed by atoms with van der Waals surface area (Å²) in [6.45, 7) is 9.02. The molecule has 2 heterocycles. The molecule has 0 aliphatic carbocycles. The third-order valence-electron chi connectivity index (χ3n) is 5.22. The van der Waals surface area contributed by atoms with E-state index in [2.05, 4.69) is 10.3 Å². The van der Waals surface area contributed by atoms with Crippen LogP contribution in [-0.2, 0) is 15.7 Å². The van der Waals surface area contributed by atoms with E-state index >= 15 is 0 Å². The van der Waals surface area contributed by atoms with Crippen molar-refractivity contribution in [3.05, 3.63) is 64.0 Å². The number of allylic oxidation sites excluding steroid dienone is 1. The van der Waals surface area contributed by atoms with Gasteiger partial charge in [-0.1, -0.05) is 25.1 Å². The Morgan fingerprint density at radius 1 is 1.22 bits per heavy atom. The van der Waals surface area contributed by atoms with Gasteiger partial charge < -0.3 is 14.8 Å². The monoisotopic (exact) mass is 448 g/mol. The third-order valence-corrected chi connectivity index (χ3v) is 5.22. The van der Waals surface area contributed by atoms with E-state index in [0.717, 1.165) is 11.6 Å². The van der Waals surface area contributed by atoms with Gasteiger partial charge in [0.05, 0.1) is 41.0 Å². The number of anilines is 1. The predicted octanol–water partition coefficient (Wildman–Crippen LogP) is 5.98. The minimum atomic E-state index is -4.61. The van der Waals surface area contributed by atoms with Crippen LogP contribution in [0, 0.1) is 6.92 Å². The number of aryl methyl sites for hydroxylation is 1. The van der Waals surface area contributed by atoms with Crippen molar-refractivity contribution in [3.8, 4) is 5.88 Å². The minimum absolute atomic E-state index is 0.0437. The second kappa shape index (κ2) is 9.22. The molecule has 1 unspecified atom stereocenters. The van der Waals surface area contributed by atoms with E-state index in [1.807, 2.05) is 27.7 Å². The molecular formula is C24H27F3N2O3. The number of rotatable bonds is 6. The Bertz CT molecular complexity index is 1050. The summed E-state index contributed by atoms with van der Waals surface area (Å²) < 4.78 is 53.3. The summed E-state index contributed by atoms with van der Waals surface area (Å²) in [5.41, 5.74) is 1.53. The average molecular weight is 448 g/mol. The van der Waals surface area contributed by atoms with Gasteiger partial charge >= 0.3 is 12.1 Å². The van der Waals surface area contributed by atoms with E-state index < -0.39 is 23.6 Å². The number of benzene rings is 1. The lowest BCUT2D eigenvalue weighted by Crippen LogP contribution is -2.28. The number of carbonyl (C=O) groups excluding carboxylic acids is 1. The van der Waals surface area contributed by atoms with Crippen LogP contribution in [0.5, 0.6) is 5.88 Å². The predicted molar refractivity (Wildman–Crippen MR) is 116 cm³/mol. The Morgan fingerprint density at radius 3 is 2.50 bits per heavy atom. The molecule has 1 atom stereocenters. The Morgan fingerprint density at radius 2 is 1.91 bits per heavy atom. The maximum absolute atomic E-state index is 14.0. The lowest BCUT2D eigenvalue weighted by atomic mass is 9.78. The number of nitrogens with one attached hydrogen (secondary N) is 1. The van der Waals surface area contributed by atoms with Gasteiger partial charge in [0.1, 0.15) is 0 Å². The fourth-order valence-electron chi connectivity index (χ4n) is 3.94. The first-order chi connectivity index (χ1) is 15.1. The van der Waals surface area contributed by atoms with Crippen molar-refractivity contribution in [1.29, 1.82) is 0 Å². The zero-order valence-electron chi connectivity index (χ0n) is 18.8. The van der Waals surface area contributed by atoms with E-state index in [4.69, 9.17) is 9.47 Å². The summed E-state index contributed by atoms with van der Waals surface area (Å²) in [6.07, 6.45) is -2.86. The van der Waals surface area contributed by atoms with Gasteiger partial charge in [-0.15, -0.1) is 0 Å².